The van der Waals surface area contributed by atoms with E-state index < -0.39 is 12.0 Å². The van der Waals surface area contributed by atoms with Gasteiger partial charge in [-0.2, -0.15) is 0 Å². The number of pyridine rings is 1. The van der Waals surface area contributed by atoms with Crippen LogP contribution in [-0.4, -0.2) is 27.6 Å². The molecule has 6 nitrogen and oxygen atoms in total. The number of nitrogens with two attached hydrogens (primary N) is 1. The van der Waals surface area contributed by atoms with Gasteiger partial charge in [-0.15, -0.1) is 11.3 Å². The predicted octanol–water partition coefficient (Wildman–Crippen LogP) is 1.28. The minimum Gasteiger partial charge on any atom is -0.480 e. The molecule has 2 aromatic heterocycles. The van der Waals surface area contributed by atoms with Crippen molar-refractivity contribution in [3.8, 4) is 0 Å². The molecule has 0 saturated carbocycles. The zero-order valence-corrected chi connectivity index (χ0v) is 10.9. The van der Waals surface area contributed by atoms with Crippen LogP contribution in [0, 0.1) is 0 Å². The quantitative estimate of drug-likeness (QED) is 0.735. The lowest BCUT2D eigenvalue weighted by molar-refractivity contribution is -0.138. The molecular formula is C12H14N4O2S. The Balaban J connectivity index is 1.85. The largest absolute Gasteiger partial charge is 0.480 e. The molecule has 0 aliphatic heterocycles. The molecular weight excluding hydrogens is 264 g/mol. The molecule has 100 valence electrons. The number of hydrogen-bond acceptors (Lipinski definition) is 6. The van der Waals surface area contributed by atoms with Crippen molar-refractivity contribution in [1.29, 1.82) is 0 Å². The molecule has 0 bridgehead atoms. The number of aliphatic carboxylic acids is 1. The van der Waals surface area contributed by atoms with Crippen molar-refractivity contribution in [2.24, 2.45) is 5.73 Å². The molecule has 0 aliphatic carbocycles. The van der Waals surface area contributed by atoms with Crippen LogP contribution in [0.5, 0.6) is 0 Å². The molecule has 0 saturated heterocycles. The van der Waals surface area contributed by atoms with Gasteiger partial charge in [0.25, 0.3) is 0 Å². The second-order valence-corrected chi connectivity index (χ2v) is 4.79. The molecule has 1 unspecified atom stereocenters. The topological polar surface area (TPSA) is 101 Å². The van der Waals surface area contributed by atoms with E-state index in [9.17, 15) is 4.79 Å². The standard InChI is InChI=1S/C12H14N4O2S/c13-10(11(17)18)9-7-19-12(16-9)15-5-3-8-2-1-4-14-6-8/h1-2,4,6-7,10H,3,5,13H2,(H,15,16)(H,17,18). The number of hydrogen-bond donors (Lipinski definition) is 3. The fourth-order valence-electron chi connectivity index (χ4n) is 1.50. The van der Waals surface area contributed by atoms with Crippen LogP contribution in [0.1, 0.15) is 17.3 Å². The highest BCUT2D eigenvalue weighted by Crippen LogP contribution is 2.19. The monoisotopic (exact) mass is 278 g/mol. The van der Waals surface area contributed by atoms with Crippen LogP contribution >= 0.6 is 11.3 Å². The van der Waals surface area contributed by atoms with Crippen molar-refractivity contribution < 1.29 is 9.90 Å². The smallest absolute Gasteiger partial charge is 0.326 e. The summed E-state index contributed by atoms with van der Waals surface area (Å²) >= 11 is 1.35. The van der Waals surface area contributed by atoms with Gasteiger partial charge in [0.1, 0.15) is 6.04 Å². The van der Waals surface area contributed by atoms with Crippen molar-refractivity contribution in [1.82, 2.24) is 9.97 Å². The Hall–Kier alpha value is -1.99. The molecule has 0 fully saturated rings. The molecule has 2 rings (SSSR count). The summed E-state index contributed by atoms with van der Waals surface area (Å²) in [5.41, 5.74) is 6.99. The van der Waals surface area contributed by atoms with E-state index >= 15 is 0 Å². The van der Waals surface area contributed by atoms with Crippen molar-refractivity contribution in [2.75, 3.05) is 11.9 Å². The maximum absolute atomic E-state index is 10.7. The van der Waals surface area contributed by atoms with Gasteiger partial charge >= 0.3 is 5.97 Å². The molecule has 1 atom stereocenters. The minimum absolute atomic E-state index is 0.376. The van der Waals surface area contributed by atoms with Gasteiger partial charge in [0, 0.05) is 24.3 Å². The highest BCUT2D eigenvalue weighted by Gasteiger charge is 2.17. The molecule has 2 aromatic rings. The van der Waals surface area contributed by atoms with Crippen molar-refractivity contribution in [2.45, 2.75) is 12.5 Å². The lowest BCUT2D eigenvalue weighted by atomic mass is 10.2. The summed E-state index contributed by atoms with van der Waals surface area (Å²) in [6.45, 7) is 0.709. The van der Waals surface area contributed by atoms with Crippen LogP contribution in [0.15, 0.2) is 29.9 Å². The van der Waals surface area contributed by atoms with E-state index in [0.29, 0.717) is 17.4 Å². The molecule has 4 N–H and O–H groups in total. The third kappa shape index (κ3) is 3.73. The van der Waals surface area contributed by atoms with Gasteiger partial charge < -0.3 is 16.2 Å². The normalized spacial score (nSPS) is 12.1. The Kier molecular flexibility index (Phi) is 4.43. The second kappa shape index (κ2) is 6.26. The number of nitrogens with zero attached hydrogens (tertiary/aromatic N) is 2. The zero-order chi connectivity index (χ0) is 13.7. The Morgan fingerprint density at radius 3 is 3.11 bits per heavy atom. The second-order valence-electron chi connectivity index (χ2n) is 3.93. The molecule has 0 aliphatic rings. The van der Waals surface area contributed by atoms with E-state index in [1.807, 2.05) is 18.3 Å². The number of carboxylic acid groups (broad SMARTS) is 1. The van der Waals surface area contributed by atoms with Gasteiger partial charge in [0.05, 0.1) is 5.69 Å². The fraction of sp³-hybridized carbons (Fsp3) is 0.250. The molecule has 2 heterocycles. The molecule has 0 radical (unpaired) electrons. The van der Waals surface area contributed by atoms with Gasteiger partial charge in [-0.25, -0.2) is 4.98 Å². The summed E-state index contributed by atoms with van der Waals surface area (Å²) in [6.07, 6.45) is 4.38. The van der Waals surface area contributed by atoms with E-state index in [1.54, 1.807) is 11.6 Å². The summed E-state index contributed by atoms with van der Waals surface area (Å²) < 4.78 is 0. The van der Waals surface area contributed by atoms with Crippen molar-refractivity contribution in [3.05, 3.63) is 41.2 Å². The predicted molar refractivity (Wildman–Crippen MR) is 73.1 cm³/mol. The van der Waals surface area contributed by atoms with E-state index in [-0.39, 0.29) is 0 Å². The maximum atomic E-state index is 10.7. The van der Waals surface area contributed by atoms with Gasteiger partial charge in [0.15, 0.2) is 5.13 Å². The van der Waals surface area contributed by atoms with Crippen molar-refractivity contribution in [3.63, 3.8) is 0 Å². The van der Waals surface area contributed by atoms with Gasteiger partial charge in [0.2, 0.25) is 0 Å². The first-order valence-electron chi connectivity index (χ1n) is 5.73. The van der Waals surface area contributed by atoms with Crippen LogP contribution < -0.4 is 11.1 Å². The number of rotatable bonds is 6. The fourth-order valence-corrected chi connectivity index (χ4v) is 2.27. The van der Waals surface area contributed by atoms with Crippen LogP contribution in [0.2, 0.25) is 0 Å². The number of nitrogens with one attached hydrogen (secondary N) is 1. The molecule has 0 aromatic carbocycles. The average Bonchev–Trinajstić information content (AvgIpc) is 2.88. The molecule has 7 heteroatoms. The molecule has 0 amide bonds. The summed E-state index contributed by atoms with van der Waals surface area (Å²) in [5, 5.41) is 14.3. The summed E-state index contributed by atoms with van der Waals surface area (Å²) in [5.74, 6) is -1.08. The first kappa shape index (κ1) is 13.4. The zero-order valence-electron chi connectivity index (χ0n) is 10.1. The van der Waals surface area contributed by atoms with Crippen LogP contribution in [0.4, 0.5) is 5.13 Å². The summed E-state index contributed by atoms with van der Waals surface area (Å²) in [7, 11) is 0. The Morgan fingerprint density at radius 2 is 2.42 bits per heavy atom. The van der Waals surface area contributed by atoms with E-state index in [2.05, 4.69) is 15.3 Å². The maximum Gasteiger partial charge on any atom is 0.326 e. The molecule has 19 heavy (non-hydrogen) atoms. The summed E-state index contributed by atoms with van der Waals surface area (Å²) in [6, 6.07) is 2.83. The average molecular weight is 278 g/mol. The third-order valence-electron chi connectivity index (χ3n) is 2.52. The number of anilines is 1. The summed E-state index contributed by atoms with van der Waals surface area (Å²) in [4.78, 5) is 18.9. The minimum atomic E-state index is -1.08. The third-order valence-corrected chi connectivity index (χ3v) is 3.34. The van der Waals surface area contributed by atoms with Crippen LogP contribution in [0.3, 0.4) is 0 Å². The lowest BCUT2D eigenvalue weighted by Gasteiger charge is -2.03. The SMILES string of the molecule is NC(C(=O)O)c1csc(NCCc2cccnc2)n1. The first-order valence-corrected chi connectivity index (χ1v) is 6.61. The van der Waals surface area contributed by atoms with Crippen LogP contribution in [-0.2, 0) is 11.2 Å². The molecule has 0 spiro atoms. The number of thiazole rings is 1. The Bertz CT molecular complexity index is 544. The highest BCUT2D eigenvalue weighted by atomic mass is 32.1. The van der Waals surface area contributed by atoms with E-state index in [0.717, 1.165) is 12.0 Å². The Labute approximate surface area is 114 Å². The van der Waals surface area contributed by atoms with E-state index in [1.165, 1.54) is 11.3 Å². The highest BCUT2D eigenvalue weighted by molar-refractivity contribution is 7.13. The van der Waals surface area contributed by atoms with Gasteiger partial charge in [-0.1, -0.05) is 6.07 Å². The van der Waals surface area contributed by atoms with Gasteiger partial charge in [-0.3, -0.25) is 9.78 Å². The number of aromatic nitrogens is 2. The van der Waals surface area contributed by atoms with Crippen LogP contribution in [0.25, 0.3) is 0 Å². The Morgan fingerprint density at radius 1 is 1.58 bits per heavy atom. The number of carboxylic acids is 1. The number of carbonyl (C=O) groups is 1. The first-order chi connectivity index (χ1) is 9.16. The van der Waals surface area contributed by atoms with E-state index in [4.69, 9.17) is 10.8 Å². The van der Waals surface area contributed by atoms with Crippen molar-refractivity contribution >= 4 is 22.4 Å². The van der Waals surface area contributed by atoms with Gasteiger partial charge in [-0.05, 0) is 18.1 Å². The lowest BCUT2D eigenvalue weighted by Crippen LogP contribution is -2.21.